The van der Waals surface area contributed by atoms with Gasteiger partial charge in [0.25, 0.3) is 0 Å². The average molecular weight is 246 g/mol. The van der Waals surface area contributed by atoms with Gasteiger partial charge in [0.1, 0.15) is 12.4 Å². The fourth-order valence-corrected chi connectivity index (χ4v) is 1.81. The number of hydrogen-bond donors (Lipinski definition) is 0. The van der Waals surface area contributed by atoms with E-state index in [0.29, 0.717) is 13.2 Å². The summed E-state index contributed by atoms with van der Waals surface area (Å²) in [4.78, 5) is 0. The Bertz CT molecular complexity index is 520. The molecule has 0 spiro atoms. The highest BCUT2D eigenvalue weighted by molar-refractivity contribution is 5.64. The van der Waals surface area contributed by atoms with E-state index in [2.05, 4.69) is 18.1 Å². The second kappa shape index (κ2) is 5.69. The molecule has 0 fully saturated rings. The lowest BCUT2D eigenvalue weighted by Crippen LogP contribution is -2.04. The standard InChI is InChI=1S/C14H18N2O2/c1-11-6-12(13-9-15-16(2)10-13)8-14(7-11)18-5-4-17-3/h6-10H,4-5H2,1-3H3. The van der Waals surface area contributed by atoms with Gasteiger partial charge in [-0.3, -0.25) is 4.68 Å². The quantitative estimate of drug-likeness (QED) is 0.760. The third kappa shape index (κ3) is 3.11. The van der Waals surface area contributed by atoms with Gasteiger partial charge in [0.05, 0.1) is 12.8 Å². The first kappa shape index (κ1) is 12.6. The van der Waals surface area contributed by atoms with Gasteiger partial charge < -0.3 is 9.47 Å². The fraction of sp³-hybridized carbons (Fsp3) is 0.357. The molecule has 0 saturated heterocycles. The van der Waals surface area contributed by atoms with Crippen LogP contribution in [0.4, 0.5) is 0 Å². The number of nitrogens with zero attached hydrogens (tertiary/aromatic N) is 2. The van der Waals surface area contributed by atoms with Crippen molar-refractivity contribution >= 4 is 0 Å². The van der Waals surface area contributed by atoms with Crippen molar-refractivity contribution < 1.29 is 9.47 Å². The van der Waals surface area contributed by atoms with Crippen LogP contribution in [0.25, 0.3) is 11.1 Å². The second-order valence-electron chi connectivity index (χ2n) is 4.28. The van der Waals surface area contributed by atoms with Crippen molar-refractivity contribution in [3.8, 4) is 16.9 Å². The second-order valence-corrected chi connectivity index (χ2v) is 4.28. The zero-order chi connectivity index (χ0) is 13.0. The van der Waals surface area contributed by atoms with Gasteiger partial charge in [0, 0.05) is 25.9 Å². The molecule has 0 bridgehead atoms. The summed E-state index contributed by atoms with van der Waals surface area (Å²) in [7, 11) is 3.58. The Morgan fingerprint density at radius 2 is 2.00 bits per heavy atom. The van der Waals surface area contributed by atoms with Crippen LogP contribution in [0, 0.1) is 6.92 Å². The summed E-state index contributed by atoms with van der Waals surface area (Å²) in [6.07, 6.45) is 3.85. The van der Waals surface area contributed by atoms with Crippen LogP contribution < -0.4 is 4.74 Å². The number of ether oxygens (including phenoxy) is 2. The monoisotopic (exact) mass is 246 g/mol. The zero-order valence-electron chi connectivity index (χ0n) is 11.0. The van der Waals surface area contributed by atoms with Crippen molar-refractivity contribution in [3.63, 3.8) is 0 Å². The lowest BCUT2D eigenvalue weighted by atomic mass is 10.1. The number of rotatable bonds is 5. The molecular weight excluding hydrogens is 228 g/mol. The lowest BCUT2D eigenvalue weighted by Gasteiger charge is -2.08. The van der Waals surface area contributed by atoms with E-state index >= 15 is 0 Å². The lowest BCUT2D eigenvalue weighted by molar-refractivity contribution is 0.146. The first-order valence-electron chi connectivity index (χ1n) is 5.91. The first-order valence-corrected chi connectivity index (χ1v) is 5.91. The molecule has 1 heterocycles. The molecule has 0 amide bonds. The van der Waals surface area contributed by atoms with Crippen LogP contribution in [-0.2, 0) is 11.8 Å². The first-order chi connectivity index (χ1) is 8.69. The normalized spacial score (nSPS) is 10.6. The SMILES string of the molecule is COCCOc1cc(C)cc(-c2cnn(C)c2)c1. The van der Waals surface area contributed by atoms with E-state index in [1.165, 1.54) is 5.56 Å². The van der Waals surface area contributed by atoms with E-state index in [4.69, 9.17) is 9.47 Å². The Hall–Kier alpha value is -1.81. The van der Waals surface area contributed by atoms with Gasteiger partial charge in [-0.1, -0.05) is 6.07 Å². The minimum atomic E-state index is 0.562. The number of methoxy groups -OCH3 is 1. The van der Waals surface area contributed by atoms with Crippen molar-refractivity contribution in [2.45, 2.75) is 6.92 Å². The van der Waals surface area contributed by atoms with E-state index in [9.17, 15) is 0 Å². The molecule has 0 unspecified atom stereocenters. The van der Waals surface area contributed by atoms with Gasteiger partial charge >= 0.3 is 0 Å². The molecule has 1 aromatic carbocycles. The number of aromatic nitrogens is 2. The minimum absolute atomic E-state index is 0.562. The molecule has 0 aliphatic rings. The number of benzene rings is 1. The van der Waals surface area contributed by atoms with Crippen LogP contribution >= 0.6 is 0 Å². The molecular formula is C14H18N2O2. The minimum Gasteiger partial charge on any atom is -0.491 e. The Morgan fingerprint density at radius 1 is 1.17 bits per heavy atom. The van der Waals surface area contributed by atoms with E-state index in [1.807, 2.05) is 31.6 Å². The summed E-state index contributed by atoms with van der Waals surface area (Å²) in [5, 5.41) is 4.18. The maximum atomic E-state index is 5.64. The molecule has 2 aromatic rings. The molecule has 0 radical (unpaired) electrons. The Labute approximate surface area is 107 Å². The van der Waals surface area contributed by atoms with Crippen LogP contribution in [0.2, 0.25) is 0 Å². The number of hydrogen-bond acceptors (Lipinski definition) is 3. The summed E-state index contributed by atoms with van der Waals surface area (Å²) in [5.41, 5.74) is 3.39. The third-order valence-corrected chi connectivity index (χ3v) is 2.65. The largest absolute Gasteiger partial charge is 0.491 e. The molecule has 0 saturated carbocycles. The highest BCUT2D eigenvalue weighted by Gasteiger charge is 2.04. The molecule has 0 atom stereocenters. The molecule has 2 rings (SSSR count). The maximum absolute atomic E-state index is 5.64. The molecule has 96 valence electrons. The van der Waals surface area contributed by atoms with Gasteiger partial charge in [0.2, 0.25) is 0 Å². The van der Waals surface area contributed by atoms with Crippen LogP contribution in [0.3, 0.4) is 0 Å². The zero-order valence-corrected chi connectivity index (χ0v) is 11.0. The van der Waals surface area contributed by atoms with Crippen LogP contribution in [-0.4, -0.2) is 30.1 Å². The summed E-state index contributed by atoms with van der Waals surface area (Å²) < 4.78 is 12.4. The van der Waals surface area contributed by atoms with Crippen LogP contribution in [0.5, 0.6) is 5.75 Å². The Balaban J connectivity index is 2.21. The molecule has 0 N–H and O–H groups in total. The van der Waals surface area contributed by atoms with Crippen molar-refractivity contribution in [1.29, 1.82) is 0 Å². The topological polar surface area (TPSA) is 36.3 Å². The van der Waals surface area contributed by atoms with E-state index in [0.717, 1.165) is 16.9 Å². The summed E-state index contributed by atoms with van der Waals surface area (Å²) >= 11 is 0. The van der Waals surface area contributed by atoms with Gasteiger partial charge in [-0.15, -0.1) is 0 Å². The van der Waals surface area contributed by atoms with Gasteiger partial charge in [-0.2, -0.15) is 5.10 Å². The van der Waals surface area contributed by atoms with Crippen molar-refractivity contribution in [2.24, 2.45) is 7.05 Å². The smallest absolute Gasteiger partial charge is 0.120 e. The van der Waals surface area contributed by atoms with E-state index in [1.54, 1.807) is 11.8 Å². The highest BCUT2D eigenvalue weighted by Crippen LogP contribution is 2.25. The van der Waals surface area contributed by atoms with Crippen molar-refractivity contribution in [2.75, 3.05) is 20.3 Å². The summed E-state index contributed by atoms with van der Waals surface area (Å²) in [5.74, 6) is 0.867. The van der Waals surface area contributed by atoms with Gasteiger partial charge in [-0.05, 0) is 30.2 Å². The Kier molecular flexibility index (Phi) is 3.99. The molecule has 0 aliphatic heterocycles. The molecule has 4 heteroatoms. The van der Waals surface area contributed by atoms with Crippen LogP contribution in [0.1, 0.15) is 5.56 Å². The summed E-state index contributed by atoms with van der Waals surface area (Å²) in [6.45, 7) is 3.21. The van der Waals surface area contributed by atoms with E-state index < -0.39 is 0 Å². The predicted octanol–water partition coefficient (Wildman–Crippen LogP) is 2.42. The van der Waals surface area contributed by atoms with Crippen molar-refractivity contribution in [1.82, 2.24) is 9.78 Å². The molecule has 18 heavy (non-hydrogen) atoms. The molecule has 1 aromatic heterocycles. The summed E-state index contributed by atoms with van der Waals surface area (Å²) in [6, 6.07) is 6.18. The average Bonchev–Trinajstić information content (AvgIpc) is 2.76. The van der Waals surface area contributed by atoms with E-state index in [-0.39, 0.29) is 0 Å². The fourth-order valence-electron chi connectivity index (χ4n) is 1.81. The number of aryl methyl sites for hydroxylation is 2. The predicted molar refractivity (Wildman–Crippen MR) is 70.8 cm³/mol. The van der Waals surface area contributed by atoms with Crippen molar-refractivity contribution in [3.05, 3.63) is 36.2 Å². The third-order valence-electron chi connectivity index (χ3n) is 2.65. The highest BCUT2D eigenvalue weighted by atomic mass is 16.5. The molecule has 4 nitrogen and oxygen atoms in total. The Morgan fingerprint density at radius 3 is 2.67 bits per heavy atom. The van der Waals surface area contributed by atoms with Gasteiger partial charge in [-0.25, -0.2) is 0 Å². The van der Waals surface area contributed by atoms with Crippen LogP contribution in [0.15, 0.2) is 30.6 Å². The molecule has 0 aliphatic carbocycles. The van der Waals surface area contributed by atoms with Gasteiger partial charge in [0.15, 0.2) is 0 Å². The maximum Gasteiger partial charge on any atom is 0.120 e.